The summed E-state index contributed by atoms with van der Waals surface area (Å²) < 4.78 is 0.931. The maximum Gasteiger partial charge on any atom is 0.179 e. The summed E-state index contributed by atoms with van der Waals surface area (Å²) in [6.07, 6.45) is 2.31. The number of nitrogens with one attached hydrogen (secondary N) is 1. The van der Waals surface area contributed by atoms with Gasteiger partial charge >= 0.3 is 0 Å². The Kier molecular flexibility index (Phi) is 7.17. The van der Waals surface area contributed by atoms with Gasteiger partial charge in [0.25, 0.3) is 0 Å². The second-order valence-electron chi connectivity index (χ2n) is 4.14. The van der Waals surface area contributed by atoms with Crippen molar-refractivity contribution >= 4 is 45.5 Å². The van der Waals surface area contributed by atoms with E-state index in [4.69, 9.17) is 0 Å². The predicted molar refractivity (Wildman–Crippen MR) is 77.6 cm³/mol. The molecule has 2 rings (SSSR count). The van der Waals surface area contributed by atoms with Crippen molar-refractivity contribution in [1.82, 2.24) is 20.6 Å². The number of aliphatic hydroxyl groups is 1. The Bertz CT molecular complexity index is 506. The van der Waals surface area contributed by atoms with Gasteiger partial charge in [-0.05, 0) is 34.5 Å². The first-order valence-corrected chi connectivity index (χ1v) is 6.73. The number of hydrogen-bond donors (Lipinski definition) is 2. The second kappa shape index (κ2) is 8.11. The van der Waals surface area contributed by atoms with Crippen molar-refractivity contribution in [2.75, 3.05) is 0 Å². The van der Waals surface area contributed by atoms with Crippen molar-refractivity contribution in [3.05, 3.63) is 28.2 Å². The molecule has 97 valence electrons. The van der Waals surface area contributed by atoms with Crippen LogP contribution in [0, 0.1) is 0 Å². The summed E-state index contributed by atoms with van der Waals surface area (Å²) >= 11 is 3.42. The van der Waals surface area contributed by atoms with E-state index in [1.807, 2.05) is 18.2 Å². The molecule has 0 bridgehead atoms. The summed E-state index contributed by atoms with van der Waals surface area (Å²) in [4.78, 5) is 0. The van der Waals surface area contributed by atoms with Crippen LogP contribution in [-0.4, -0.2) is 55.3 Å². The fourth-order valence-corrected chi connectivity index (χ4v) is 2.21. The summed E-state index contributed by atoms with van der Waals surface area (Å²) in [5.41, 5.74) is 1.68. The Hall–Kier alpha value is -0.270. The number of tetrazole rings is 1. The molecule has 0 saturated carbocycles. The summed E-state index contributed by atoms with van der Waals surface area (Å²) in [5, 5.41) is 24.0. The van der Waals surface area contributed by atoms with Crippen LogP contribution in [0.15, 0.2) is 22.7 Å². The molecule has 0 saturated heterocycles. The van der Waals surface area contributed by atoms with Crippen LogP contribution in [0.4, 0.5) is 0 Å². The molecule has 2 aromatic rings. The van der Waals surface area contributed by atoms with Gasteiger partial charge in [0, 0.05) is 39.6 Å². The second-order valence-corrected chi connectivity index (χ2v) is 5.06. The molecule has 0 amide bonds. The van der Waals surface area contributed by atoms with E-state index in [0.29, 0.717) is 5.82 Å². The molecule has 1 heterocycles. The Balaban J connectivity index is 0.00000180. The minimum atomic E-state index is -0.488. The number of benzene rings is 1. The standard InChI is InChI=1S/C12H15BrN4O.Na/c1-2-3-4-11(18)9-6-5-8(13)7-10(9)12-14-16-17-15-12;/h5-7,11,18H,2-4H2,1H3,(H,14,15,16,17);. The molecular formula is C12H15BrN4NaO. The first kappa shape index (κ1) is 16.8. The molecule has 7 heteroatoms. The summed E-state index contributed by atoms with van der Waals surface area (Å²) in [6, 6.07) is 5.73. The number of rotatable bonds is 5. The molecule has 1 aromatic carbocycles. The van der Waals surface area contributed by atoms with Crippen LogP contribution < -0.4 is 0 Å². The third-order valence-electron chi connectivity index (χ3n) is 2.81. The molecule has 1 aromatic heterocycles. The van der Waals surface area contributed by atoms with Gasteiger partial charge in [0.2, 0.25) is 0 Å². The topological polar surface area (TPSA) is 74.7 Å². The van der Waals surface area contributed by atoms with E-state index in [0.717, 1.165) is 34.9 Å². The van der Waals surface area contributed by atoms with Crippen molar-refractivity contribution in [3.63, 3.8) is 0 Å². The van der Waals surface area contributed by atoms with Crippen molar-refractivity contribution < 1.29 is 5.11 Å². The monoisotopic (exact) mass is 333 g/mol. The number of aromatic nitrogens is 4. The van der Waals surface area contributed by atoms with Crippen molar-refractivity contribution in [2.45, 2.75) is 32.3 Å². The number of nitrogens with zero attached hydrogens (tertiary/aromatic N) is 3. The van der Waals surface area contributed by atoms with E-state index in [1.165, 1.54) is 0 Å². The van der Waals surface area contributed by atoms with Gasteiger partial charge in [-0.2, -0.15) is 0 Å². The van der Waals surface area contributed by atoms with Gasteiger partial charge in [-0.3, -0.25) is 0 Å². The minimum absolute atomic E-state index is 0. The molecule has 2 N–H and O–H groups in total. The number of hydrogen-bond acceptors (Lipinski definition) is 4. The number of aliphatic hydroxyl groups excluding tert-OH is 1. The van der Waals surface area contributed by atoms with E-state index >= 15 is 0 Å². The zero-order valence-electron chi connectivity index (χ0n) is 11.1. The Labute approximate surface area is 142 Å². The van der Waals surface area contributed by atoms with Crippen molar-refractivity contribution in [3.8, 4) is 11.4 Å². The maximum atomic E-state index is 10.2. The Morgan fingerprint density at radius 1 is 1.42 bits per heavy atom. The first-order valence-electron chi connectivity index (χ1n) is 5.94. The first-order chi connectivity index (χ1) is 8.72. The van der Waals surface area contributed by atoms with Crippen LogP contribution in [0.5, 0.6) is 0 Å². The fourth-order valence-electron chi connectivity index (χ4n) is 1.85. The van der Waals surface area contributed by atoms with Crippen LogP contribution >= 0.6 is 15.9 Å². The molecule has 1 radical (unpaired) electrons. The largest absolute Gasteiger partial charge is 0.388 e. The molecule has 0 aliphatic carbocycles. The molecule has 19 heavy (non-hydrogen) atoms. The zero-order chi connectivity index (χ0) is 13.0. The Morgan fingerprint density at radius 3 is 2.84 bits per heavy atom. The van der Waals surface area contributed by atoms with Crippen LogP contribution in [-0.2, 0) is 0 Å². The van der Waals surface area contributed by atoms with E-state index in [9.17, 15) is 5.11 Å². The van der Waals surface area contributed by atoms with Crippen molar-refractivity contribution in [1.29, 1.82) is 0 Å². The molecule has 0 aliphatic heterocycles. The summed E-state index contributed by atoms with van der Waals surface area (Å²) in [7, 11) is 0. The van der Waals surface area contributed by atoms with Crippen LogP contribution in [0.3, 0.4) is 0 Å². The van der Waals surface area contributed by atoms with Crippen LogP contribution in [0.2, 0.25) is 0 Å². The van der Waals surface area contributed by atoms with E-state index in [2.05, 4.69) is 43.5 Å². The van der Waals surface area contributed by atoms with Crippen molar-refractivity contribution in [2.24, 2.45) is 0 Å². The van der Waals surface area contributed by atoms with Gasteiger partial charge in [-0.25, -0.2) is 5.10 Å². The fraction of sp³-hybridized carbons (Fsp3) is 0.417. The normalized spacial score (nSPS) is 11.9. The molecule has 1 atom stereocenters. The third kappa shape index (κ3) is 4.36. The van der Waals surface area contributed by atoms with E-state index in [1.54, 1.807) is 0 Å². The smallest absolute Gasteiger partial charge is 0.179 e. The molecule has 0 aliphatic rings. The zero-order valence-corrected chi connectivity index (χ0v) is 14.7. The van der Waals surface area contributed by atoms with Gasteiger partial charge < -0.3 is 5.11 Å². The predicted octanol–water partition coefficient (Wildman–Crippen LogP) is 2.47. The van der Waals surface area contributed by atoms with Gasteiger partial charge in [0.05, 0.1) is 6.10 Å². The quantitative estimate of drug-likeness (QED) is 0.824. The van der Waals surface area contributed by atoms with E-state index in [-0.39, 0.29) is 29.6 Å². The van der Waals surface area contributed by atoms with Gasteiger partial charge in [0.1, 0.15) is 0 Å². The van der Waals surface area contributed by atoms with Gasteiger partial charge in [-0.15, -0.1) is 5.10 Å². The average molecular weight is 334 g/mol. The number of unbranched alkanes of at least 4 members (excludes halogenated alkanes) is 1. The molecular weight excluding hydrogens is 319 g/mol. The number of halogens is 1. The van der Waals surface area contributed by atoms with Gasteiger partial charge in [0.15, 0.2) is 5.82 Å². The number of H-pyrrole nitrogens is 1. The molecule has 5 nitrogen and oxygen atoms in total. The maximum absolute atomic E-state index is 10.2. The third-order valence-corrected chi connectivity index (χ3v) is 3.30. The molecule has 0 fully saturated rings. The SMILES string of the molecule is CCCCC(O)c1ccc(Br)cc1-c1nnn[nH]1.[Na]. The number of aromatic amines is 1. The van der Waals surface area contributed by atoms with Crippen LogP contribution in [0.25, 0.3) is 11.4 Å². The van der Waals surface area contributed by atoms with E-state index < -0.39 is 6.10 Å². The molecule has 0 spiro atoms. The molecule has 1 unspecified atom stereocenters. The summed E-state index contributed by atoms with van der Waals surface area (Å²) in [5.74, 6) is 0.571. The van der Waals surface area contributed by atoms with Gasteiger partial charge in [-0.1, -0.05) is 41.8 Å². The minimum Gasteiger partial charge on any atom is -0.388 e. The Morgan fingerprint density at radius 2 is 2.21 bits per heavy atom. The summed E-state index contributed by atoms with van der Waals surface area (Å²) in [6.45, 7) is 2.11. The van der Waals surface area contributed by atoms with Crippen LogP contribution in [0.1, 0.15) is 37.9 Å². The average Bonchev–Trinajstić information content (AvgIpc) is 2.89.